The lowest BCUT2D eigenvalue weighted by Crippen LogP contribution is -2.55. The van der Waals surface area contributed by atoms with Crippen LogP contribution in [0, 0.1) is 0 Å². The number of anilines is 2. The normalized spacial score (nSPS) is 24.1. The highest BCUT2D eigenvalue weighted by atomic mass is 79.9. The fourth-order valence-electron chi connectivity index (χ4n) is 3.05. The van der Waals surface area contributed by atoms with E-state index in [1.807, 2.05) is 13.2 Å². The molecule has 2 aliphatic rings. The van der Waals surface area contributed by atoms with Gasteiger partial charge in [0.05, 0.1) is 4.47 Å². The van der Waals surface area contributed by atoms with Gasteiger partial charge in [-0.15, -0.1) is 0 Å². The van der Waals surface area contributed by atoms with Gasteiger partial charge in [0.1, 0.15) is 5.82 Å². The van der Waals surface area contributed by atoms with Crippen molar-refractivity contribution in [3.05, 3.63) is 10.7 Å². The lowest BCUT2D eigenvalue weighted by molar-refractivity contribution is 0.133. The van der Waals surface area contributed by atoms with Gasteiger partial charge in [0, 0.05) is 38.9 Å². The zero-order chi connectivity index (χ0) is 13.2. The van der Waals surface area contributed by atoms with Gasteiger partial charge in [0.25, 0.3) is 0 Å². The number of hydrogen-bond acceptors (Lipinski definition) is 5. The molecule has 3 heterocycles. The van der Waals surface area contributed by atoms with E-state index in [2.05, 4.69) is 41.0 Å². The van der Waals surface area contributed by atoms with Gasteiger partial charge >= 0.3 is 0 Å². The first-order valence-electron chi connectivity index (χ1n) is 6.97. The summed E-state index contributed by atoms with van der Waals surface area (Å²) in [6.45, 7) is 4.55. The minimum atomic E-state index is 0.685. The van der Waals surface area contributed by atoms with Crippen molar-refractivity contribution in [3.63, 3.8) is 0 Å². The van der Waals surface area contributed by atoms with Crippen LogP contribution in [0.5, 0.6) is 0 Å². The summed E-state index contributed by atoms with van der Waals surface area (Å²) < 4.78 is 0.982. The van der Waals surface area contributed by atoms with Crippen LogP contribution in [-0.2, 0) is 0 Å². The number of piperazine rings is 1. The summed E-state index contributed by atoms with van der Waals surface area (Å²) >= 11 is 3.58. The molecule has 1 atom stereocenters. The van der Waals surface area contributed by atoms with Gasteiger partial charge in [-0.05, 0) is 35.3 Å². The van der Waals surface area contributed by atoms with Crippen molar-refractivity contribution in [1.82, 2.24) is 14.9 Å². The molecule has 0 aliphatic carbocycles. The number of nitrogens with zero attached hydrogens (tertiary/aromatic N) is 4. The van der Waals surface area contributed by atoms with E-state index in [-0.39, 0.29) is 0 Å². The van der Waals surface area contributed by atoms with E-state index in [1.54, 1.807) is 0 Å². The van der Waals surface area contributed by atoms with Crippen molar-refractivity contribution < 1.29 is 0 Å². The van der Waals surface area contributed by atoms with Crippen LogP contribution in [-0.4, -0.2) is 54.1 Å². The third-order valence-corrected chi connectivity index (χ3v) is 4.65. The Hall–Kier alpha value is -0.880. The van der Waals surface area contributed by atoms with Crippen molar-refractivity contribution in [2.75, 3.05) is 43.4 Å². The number of fused-ring (bicyclic) bond motifs is 1. The van der Waals surface area contributed by atoms with Crippen LogP contribution in [0.3, 0.4) is 0 Å². The van der Waals surface area contributed by atoms with Crippen molar-refractivity contribution in [2.45, 2.75) is 25.3 Å². The van der Waals surface area contributed by atoms with Crippen molar-refractivity contribution in [1.29, 1.82) is 0 Å². The van der Waals surface area contributed by atoms with Crippen LogP contribution < -0.4 is 10.2 Å². The molecule has 2 aliphatic heterocycles. The first kappa shape index (κ1) is 13.1. The molecule has 1 N–H and O–H groups in total. The Balaban J connectivity index is 1.79. The van der Waals surface area contributed by atoms with Gasteiger partial charge in [-0.3, -0.25) is 4.90 Å². The second kappa shape index (κ2) is 5.63. The third kappa shape index (κ3) is 2.69. The van der Waals surface area contributed by atoms with Gasteiger partial charge in [0.15, 0.2) is 0 Å². The van der Waals surface area contributed by atoms with Gasteiger partial charge in [0.2, 0.25) is 5.95 Å². The molecule has 19 heavy (non-hydrogen) atoms. The van der Waals surface area contributed by atoms with Crippen LogP contribution in [0.2, 0.25) is 0 Å². The predicted octanol–water partition coefficient (Wildman–Crippen LogP) is 1.96. The molecule has 1 aromatic heterocycles. The van der Waals surface area contributed by atoms with Crippen LogP contribution in [0.4, 0.5) is 11.8 Å². The fourth-order valence-corrected chi connectivity index (χ4v) is 3.49. The van der Waals surface area contributed by atoms with E-state index >= 15 is 0 Å². The molecule has 6 heteroatoms. The highest BCUT2D eigenvalue weighted by Gasteiger charge is 2.30. The Morgan fingerprint density at radius 3 is 3.05 bits per heavy atom. The fraction of sp³-hybridized carbons (Fsp3) is 0.692. The Morgan fingerprint density at radius 1 is 1.32 bits per heavy atom. The standard InChI is InChI=1S/C13H20BrN5/c1-15-13-16-8-11(14)12(17-13)19-7-6-18-5-3-2-4-10(18)9-19/h8,10H,2-7,9H2,1H3,(H,15,16,17). The summed E-state index contributed by atoms with van der Waals surface area (Å²) in [5.41, 5.74) is 0. The smallest absolute Gasteiger partial charge is 0.224 e. The molecular formula is C13H20BrN5. The Morgan fingerprint density at radius 2 is 2.21 bits per heavy atom. The summed E-state index contributed by atoms with van der Waals surface area (Å²) in [7, 11) is 1.85. The van der Waals surface area contributed by atoms with Crippen molar-refractivity contribution in [2.24, 2.45) is 0 Å². The first-order chi connectivity index (χ1) is 9.28. The van der Waals surface area contributed by atoms with Gasteiger partial charge in [-0.25, -0.2) is 4.98 Å². The summed E-state index contributed by atoms with van der Waals surface area (Å²) in [5.74, 6) is 1.70. The summed E-state index contributed by atoms with van der Waals surface area (Å²) in [6.07, 6.45) is 5.87. The molecule has 1 aromatic rings. The topological polar surface area (TPSA) is 44.3 Å². The van der Waals surface area contributed by atoms with Crippen LogP contribution in [0.25, 0.3) is 0 Å². The van der Waals surface area contributed by atoms with E-state index in [1.165, 1.54) is 25.8 Å². The lowest BCUT2D eigenvalue weighted by atomic mass is 9.99. The van der Waals surface area contributed by atoms with Crippen molar-refractivity contribution >= 4 is 27.7 Å². The van der Waals surface area contributed by atoms with Crippen LogP contribution in [0.15, 0.2) is 10.7 Å². The summed E-state index contributed by atoms with van der Waals surface area (Å²) in [4.78, 5) is 13.8. The molecule has 1 unspecified atom stereocenters. The second-order valence-electron chi connectivity index (χ2n) is 5.25. The molecule has 0 saturated carbocycles. The molecule has 0 aromatic carbocycles. The molecule has 104 valence electrons. The van der Waals surface area contributed by atoms with E-state index in [9.17, 15) is 0 Å². The predicted molar refractivity (Wildman–Crippen MR) is 80.7 cm³/mol. The zero-order valence-electron chi connectivity index (χ0n) is 11.3. The van der Waals surface area contributed by atoms with E-state index < -0.39 is 0 Å². The molecule has 2 saturated heterocycles. The third-order valence-electron chi connectivity index (χ3n) is 4.09. The maximum absolute atomic E-state index is 4.59. The van der Waals surface area contributed by atoms with Gasteiger partial charge < -0.3 is 10.2 Å². The number of piperidine rings is 1. The first-order valence-corrected chi connectivity index (χ1v) is 7.76. The Labute approximate surface area is 122 Å². The number of nitrogens with one attached hydrogen (secondary N) is 1. The molecule has 0 bridgehead atoms. The average Bonchev–Trinajstić information content (AvgIpc) is 2.47. The van der Waals surface area contributed by atoms with Crippen LogP contribution in [0.1, 0.15) is 19.3 Å². The van der Waals surface area contributed by atoms with Gasteiger partial charge in [-0.2, -0.15) is 4.98 Å². The minimum absolute atomic E-state index is 0.685. The second-order valence-corrected chi connectivity index (χ2v) is 6.10. The lowest BCUT2D eigenvalue weighted by Gasteiger charge is -2.44. The Kier molecular flexibility index (Phi) is 3.88. The van der Waals surface area contributed by atoms with E-state index in [0.717, 1.165) is 29.9 Å². The molecule has 3 rings (SSSR count). The highest BCUT2D eigenvalue weighted by Crippen LogP contribution is 2.28. The zero-order valence-corrected chi connectivity index (χ0v) is 12.9. The Bertz CT molecular complexity index is 453. The minimum Gasteiger partial charge on any atom is -0.357 e. The number of hydrogen-bond donors (Lipinski definition) is 1. The maximum atomic E-state index is 4.59. The van der Waals surface area contributed by atoms with Gasteiger partial charge in [-0.1, -0.05) is 6.42 Å². The SMILES string of the molecule is CNc1ncc(Br)c(N2CCN3CCCCC3C2)n1. The summed E-state index contributed by atoms with van der Waals surface area (Å²) in [5, 5.41) is 3.01. The molecule has 2 fully saturated rings. The summed E-state index contributed by atoms with van der Waals surface area (Å²) in [6, 6.07) is 0.697. The number of rotatable bonds is 2. The van der Waals surface area contributed by atoms with Crippen molar-refractivity contribution in [3.8, 4) is 0 Å². The molecule has 0 amide bonds. The highest BCUT2D eigenvalue weighted by molar-refractivity contribution is 9.10. The average molecular weight is 326 g/mol. The number of aromatic nitrogens is 2. The van der Waals surface area contributed by atoms with E-state index in [4.69, 9.17) is 0 Å². The van der Waals surface area contributed by atoms with Crippen LogP contribution >= 0.6 is 15.9 Å². The number of halogens is 1. The van der Waals surface area contributed by atoms with E-state index in [0.29, 0.717) is 12.0 Å². The quantitative estimate of drug-likeness (QED) is 0.900. The maximum Gasteiger partial charge on any atom is 0.224 e. The largest absolute Gasteiger partial charge is 0.357 e. The molecule has 0 radical (unpaired) electrons. The molecule has 0 spiro atoms. The molecule has 5 nitrogen and oxygen atoms in total. The molecular weight excluding hydrogens is 306 g/mol. The monoisotopic (exact) mass is 325 g/mol.